The van der Waals surface area contributed by atoms with E-state index in [1.54, 1.807) is 30.3 Å². The van der Waals surface area contributed by atoms with Crippen LogP contribution in [0.25, 0.3) is 0 Å². The van der Waals surface area contributed by atoms with Gasteiger partial charge in [-0.15, -0.1) is 22.7 Å². The van der Waals surface area contributed by atoms with Crippen LogP contribution in [0.1, 0.15) is 19.3 Å². The zero-order valence-corrected chi connectivity index (χ0v) is 14.4. The predicted molar refractivity (Wildman–Crippen MR) is 97.5 cm³/mol. The molecule has 7 heteroatoms. The van der Waals surface area contributed by atoms with Gasteiger partial charge in [0.05, 0.1) is 22.6 Å². The summed E-state index contributed by atoms with van der Waals surface area (Å²) < 4.78 is 5.32. The molecule has 0 unspecified atom stereocenters. The third-order valence-electron chi connectivity index (χ3n) is 3.20. The predicted octanol–water partition coefficient (Wildman–Crippen LogP) is 4.32. The average molecular weight is 358 g/mol. The molecule has 0 aliphatic heterocycles. The lowest BCUT2D eigenvalue weighted by Crippen LogP contribution is -2.12. The number of carbonyl (C=O) groups excluding carboxylic acids is 2. The van der Waals surface area contributed by atoms with Crippen molar-refractivity contribution < 1.29 is 14.3 Å². The number of hydrogen-bond acceptors (Lipinski definition) is 5. The SMILES string of the molecule is COc1cc(NC(=O)c2cccs2)ccc1NC(=O)c1cccs1. The van der Waals surface area contributed by atoms with E-state index in [4.69, 9.17) is 4.74 Å². The first-order valence-electron chi connectivity index (χ1n) is 7.05. The van der Waals surface area contributed by atoms with E-state index >= 15 is 0 Å². The molecule has 0 bridgehead atoms. The lowest BCUT2D eigenvalue weighted by Gasteiger charge is -2.12. The van der Waals surface area contributed by atoms with Crippen LogP contribution in [0.4, 0.5) is 11.4 Å². The first-order valence-corrected chi connectivity index (χ1v) is 8.81. The number of benzene rings is 1. The molecular formula is C17H14N2O3S2. The Hall–Kier alpha value is -2.64. The zero-order valence-electron chi connectivity index (χ0n) is 12.7. The summed E-state index contributed by atoms with van der Waals surface area (Å²) in [7, 11) is 1.51. The minimum Gasteiger partial charge on any atom is -0.494 e. The fraction of sp³-hybridized carbons (Fsp3) is 0.0588. The van der Waals surface area contributed by atoms with Gasteiger partial charge < -0.3 is 15.4 Å². The second kappa shape index (κ2) is 7.29. The Morgan fingerprint density at radius 3 is 2.08 bits per heavy atom. The van der Waals surface area contributed by atoms with E-state index < -0.39 is 0 Å². The van der Waals surface area contributed by atoms with E-state index in [-0.39, 0.29) is 11.8 Å². The van der Waals surface area contributed by atoms with Gasteiger partial charge >= 0.3 is 0 Å². The third-order valence-corrected chi connectivity index (χ3v) is 4.93. The van der Waals surface area contributed by atoms with Crippen molar-refractivity contribution in [3.05, 3.63) is 63.0 Å². The van der Waals surface area contributed by atoms with Crippen LogP contribution >= 0.6 is 22.7 Å². The van der Waals surface area contributed by atoms with Crippen LogP contribution in [0, 0.1) is 0 Å². The number of ether oxygens (including phenoxy) is 1. The minimum absolute atomic E-state index is 0.178. The van der Waals surface area contributed by atoms with E-state index in [1.807, 2.05) is 22.9 Å². The van der Waals surface area contributed by atoms with Crippen molar-refractivity contribution in [3.8, 4) is 5.75 Å². The number of thiophene rings is 2. The summed E-state index contributed by atoms with van der Waals surface area (Å²) in [5, 5.41) is 9.30. The summed E-state index contributed by atoms with van der Waals surface area (Å²) in [6.07, 6.45) is 0. The largest absolute Gasteiger partial charge is 0.494 e. The molecule has 0 aliphatic carbocycles. The molecule has 122 valence electrons. The topological polar surface area (TPSA) is 67.4 Å². The lowest BCUT2D eigenvalue weighted by molar-refractivity contribution is 0.102. The summed E-state index contributed by atoms with van der Waals surface area (Å²) in [5.41, 5.74) is 1.14. The van der Waals surface area contributed by atoms with E-state index in [0.717, 1.165) is 0 Å². The van der Waals surface area contributed by atoms with Crippen LogP contribution < -0.4 is 15.4 Å². The number of anilines is 2. The molecule has 0 fully saturated rings. The van der Waals surface area contributed by atoms with Crippen LogP contribution in [0.2, 0.25) is 0 Å². The van der Waals surface area contributed by atoms with Gasteiger partial charge in [-0.2, -0.15) is 0 Å². The van der Waals surface area contributed by atoms with Gasteiger partial charge in [-0.05, 0) is 35.0 Å². The van der Waals surface area contributed by atoms with Gasteiger partial charge in [0.25, 0.3) is 11.8 Å². The molecule has 0 radical (unpaired) electrons. The molecule has 5 nitrogen and oxygen atoms in total. The highest BCUT2D eigenvalue weighted by atomic mass is 32.1. The van der Waals surface area contributed by atoms with Gasteiger partial charge in [0.2, 0.25) is 0 Å². The molecular weight excluding hydrogens is 344 g/mol. The van der Waals surface area contributed by atoms with Crippen LogP contribution in [-0.4, -0.2) is 18.9 Å². The van der Waals surface area contributed by atoms with Crippen molar-refractivity contribution in [2.45, 2.75) is 0 Å². The summed E-state index contributed by atoms with van der Waals surface area (Å²) >= 11 is 2.74. The number of hydrogen-bond donors (Lipinski definition) is 2. The first kappa shape index (κ1) is 16.2. The van der Waals surface area contributed by atoms with Crippen molar-refractivity contribution in [2.24, 2.45) is 0 Å². The van der Waals surface area contributed by atoms with Gasteiger partial charge in [-0.1, -0.05) is 12.1 Å². The maximum atomic E-state index is 12.1. The molecule has 2 N–H and O–H groups in total. The highest BCUT2D eigenvalue weighted by Crippen LogP contribution is 2.29. The quantitative estimate of drug-likeness (QED) is 0.714. The molecule has 0 atom stereocenters. The van der Waals surface area contributed by atoms with Crippen LogP contribution in [0.3, 0.4) is 0 Å². The highest BCUT2D eigenvalue weighted by Gasteiger charge is 2.13. The Labute approximate surface area is 146 Å². The highest BCUT2D eigenvalue weighted by molar-refractivity contribution is 7.12. The second-order valence-electron chi connectivity index (χ2n) is 4.78. The second-order valence-corrected chi connectivity index (χ2v) is 6.67. The molecule has 0 spiro atoms. The van der Waals surface area contributed by atoms with Crippen molar-refractivity contribution in [2.75, 3.05) is 17.7 Å². The van der Waals surface area contributed by atoms with Crippen molar-refractivity contribution in [1.82, 2.24) is 0 Å². The number of amides is 2. The normalized spacial score (nSPS) is 10.2. The van der Waals surface area contributed by atoms with Crippen LogP contribution in [0.15, 0.2) is 53.2 Å². The minimum atomic E-state index is -0.196. The smallest absolute Gasteiger partial charge is 0.265 e. The lowest BCUT2D eigenvalue weighted by atomic mass is 10.2. The molecule has 2 heterocycles. The summed E-state index contributed by atoms with van der Waals surface area (Å²) in [6, 6.07) is 12.3. The summed E-state index contributed by atoms with van der Waals surface area (Å²) in [4.78, 5) is 25.5. The molecule has 0 aliphatic rings. The Bertz CT molecular complexity index is 843. The molecule has 1 aromatic carbocycles. The molecule has 3 aromatic rings. The molecule has 0 saturated carbocycles. The maximum absolute atomic E-state index is 12.1. The van der Waals surface area contributed by atoms with Gasteiger partial charge in [0.1, 0.15) is 5.75 Å². The number of nitrogens with one attached hydrogen (secondary N) is 2. The van der Waals surface area contributed by atoms with E-state index in [9.17, 15) is 9.59 Å². The number of rotatable bonds is 5. The molecule has 2 amide bonds. The number of methoxy groups -OCH3 is 1. The zero-order chi connectivity index (χ0) is 16.9. The maximum Gasteiger partial charge on any atom is 0.265 e. The Morgan fingerprint density at radius 1 is 0.917 bits per heavy atom. The van der Waals surface area contributed by atoms with E-state index in [2.05, 4.69) is 10.6 Å². The van der Waals surface area contributed by atoms with Crippen molar-refractivity contribution in [1.29, 1.82) is 0 Å². The van der Waals surface area contributed by atoms with Gasteiger partial charge in [-0.3, -0.25) is 9.59 Å². The first-order chi connectivity index (χ1) is 11.7. The van der Waals surface area contributed by atoms with Gasteiger partial charge in [-0.25, -0.2) is 0 Å². The summed E-state index contributed by atoms with van der Waals surface area (Å²) in [6.45, 7) is 0. The molecule has 2 aromatic heterocycles. The third kappa shape index (κ3) is 3.64. The van der Waals surface area contributed by atoms with Crippen LogP contribution in [-0.2, 0) is 0 Å². The standard InChI is InChI=1S/C17H14N2O3S2/c1-22-13-10-11(18-16(20)14-4-2-8-23-14)6-7-12(13)19-17(21)15-5-3-9-24-15/h2-10H,1H3,(H,18,20)(H,19,21). The van der Waals surface area contributed by atoms with E-state index in [0.29, 0.717) is 26.9 Å². The van der Waals surface area contributed by atoms with Gasteiger partial charge in [0.15, 0.2) is 0 Å². The van der Waals surface area contributed by atoms with Crippen LogP contribution in [0.5, 0.6) is 5.75 Å². The number of carbonyl (C=O) groups is 2. The molecule has 24 heavy (non-hydrogen) atoms. The van der Waals surface area contributed by atoms with E-state index in [1.165, 1.54) is 29.8 Å². The van der Waals surface area contributed by atoms with Crippen molar-refractivity contribution >= 4 is 45.9 Å². The fourth-order valence-corrected chi connectivity index (χ4v) is 3.30. The molecule has 0 saturated heterocycles. The Morgan fingerprint density at radius 2 is 1.54 bits per heavy atom. The average Bonchev–Trinajstić information content (AvgIpc) is 3.29. The van der Waals surface area contributed by atoms with Crippen molar-refractivity contribution in [3.63, 3.8) is 0 Å². The monoisotopic (exact) mass is 358 g/mol. The summed E-state index contributed by atoms with van der Waals surface area (Å²) in [5.74, 6) is 0.102. The fourth-order valence-electron chi connectivity index (χ4n) is 2.06. The van der Waals surface area contributed by atoms with Gasteiger partial charge in [0, 0.05) is 11.8 Å². The Balaban J connectivity index is 1.75. The molecule has 3 rings (SSSR count). The Kier molecular flexibility index (Phi) is 4.93.